The fourth-order valence-electron chi connectivity index (χ4n) is 3.35. The lowest BCUT2D eigenvalue weighted by Crippen LogP contribution is -2.33. The molecule has 1 fully saturated rings. The molecular formula is C18H17N5S2. The molecule has 0 atom stereocenters. The number of hydrogen-bond acceptors (Lipinski definition) is 6. The number of aromatic nitrogens is 4. The van der Waals surface area contributed by atoms with Crippen molar-refractivity contribution < 1.29 is 0 Å². The molecule has 5 nitrogen and oxygen atoms in total. The number of anilines is 1. The Morgan fingerprint density at radius 1 is 1.04 bits per heavy atom. The van der Waals surface area contributed by atoms with E-state index in [1.54, 1.807) is 22.7 Å². The second-order valence-corrected chi connectivity index (χ2v) is 8.17. The summed E-state index contributed by atoms with van der Waals surface area (Å²) in [6, 6.07) is 12.4. The molecule has 4 heterocycles. The fourth-order valence-corrected chi connectivity index (χ4v) is 5.04. The quantitative estimate of drug-likeness (QED) is 0.578. The number of benzene rings is 1. The zero-order chi connectivity index (χ0) is 16.6. The molecule has 7 heteroatoms. The molecule has 0 aliphatic carbocycles. The predicted octanol–water partition coefficient (Wildman–Crippen LogP) is 4.53. The van der Waals surface area contributed by atoms with Crippen LogP contribution in [0.15, 0.2) is 41.8 Å². The fraction of sp³-hybridized carbons (Fsp3) is 0.278. The van der Waals surface area contributed by atoms with Crippen molar-refractivity contribution in [2.75, 3.05) is 18.0 Å². The van der Waals surface area contributed by atoms with Crippen molar-refractivity contribution in [3.63, 3.8) is 0 Å². The molecule has 0 spiro atoms. The molecule has 1 saturated heterocycles. The van der Waals surface area contributed by atoms with E-state index < -0.39 is 0 Å². The SMILES string of the molecule is c1csc(-c2nnc(N3CCC(c4nc5ccccc5[nH]4)CC3)s2)c1. The smallest absolute Gasteiger partial charge is 0.208 e. The standard InChI is InChI=1S/C18H17N5S2/c1-2-5-14-13(4-1)19-16(20-14)12-7-9-23(10-8-12)18-22-21-17(25-18)15-6-3-11-24-15/h1-6,11-12H,7-10H2,(H,19,20). The first kappa shape index (κ1) is 15.0. The maximum Gasteiger partial charge on any atom is 0.208 e. The maximum absolute atomic E-state index is 4.77. The van der Waals surface area contributed by atoms with E-state index in [4.69, 9.17) is 4.98 Å². The zero-order valence-electron chi connectivity index (χ0n) is 13.6. The van der Waals surface area contributed by atoms with E-state index in [-0.39, 0.29) is 0 Å². The summed E-state index contributed by atoms with van der Waals surface area (Å²) in [5.41, 5.74) is 2.19. The number of piperidine rings is 1. The maximum atomic E-state index is 4.77. The number of aromatic amines is 1. The topological polar surface area (TPSA) is 57.7 Å². The summed E-state index contributed by atoms with van der Waals surface area (Å²) in [5.74, 6) is 1.62. The molecule has 0 bridgehead atoms. The first-order valence-electron chi connectivity index (χ1n) is 8.44. The molecule has 0 radical (unpaired) electrons. The number of nitrogens with one attached hydrogen (secondary N) is 1. The molecule has 3 aromatic heterocycles. The Kier molecular flexibility index (Phi) is 3.75. The highest BCUT2D eigenvalue weighted by molar-refractivity contribution is 7.22. The van der Waals surface area contributed by atoms with Crippen molar-refractivity contribution in [2.24, 2.45) is 0 Å². The van der Waals surface area contributed by atoms with E-state index in [0.29, 0.717) is 5.92 Å². The normalized spacial score (nSPS) is 15.9. The zero-order valence-corrected chi connectivity index (χ0v) is 15.2. The van der Waals surface area contributed by atoms with Gasteiger partial charge >= 0.3 is 0 Å². The first-order chi connectivity index (χ1) is 12.4. The van der Waals surface area contributed by atoms with E-state index in [9.17, 15) is 0 Å². The number of H-pyrrole nitrogens is 1. The van der Waals surface area contributed by atoms with Crippen LogP contribution in [-0.4, -0.2) is 33.3 Å². The van der Waals surface area contributed by atoms with Crippen LogP contribution < -0.4 is 4.90 Å². The first-order valence-corrected chi connectivity index (χ1v) is 10.1. The van der Waals surface area contributed by atoms with Gasteiger partial charge in [0.25, 0.3) is 0 Å². The number of fused-ring (bicyclic) bond motifs is 1. The second kappa shape index (κ2) is 6.24. The van der Waals surface area contributed by atoms with Crippen LogP contribution in [-0.2, 0) is 0 Å². The monoisotopic (exact) mass is 367 g/mol. The van der Waals surface area contributed by atoms with Crippen LogP contribution in [0.5, 0.6) is 0 Å². The van der Waals surface area contributed by atoms with Crippen molar-refractivity contribution >= 4 is 38.8 Å². The summed E-state index contributed by atoms with van der Waals surface area (Å²) in [4.78, 5) is 11.8. The lowest BCUT2D eigenvalue weighted by atomic mass is 9.96. The molecule has 0 amide bonds. The van der Waals surface area contributed by atoms with Crippen LogP contribution in [0.2, 0.25) is 0 Å². The van der Waals surface area contributed by atoms with Gasteiger partial charge in [0.2, 0.25) is 5.13 Å². The van der Waals surface area contributed by atoms with E-state index in [1.807, 2.05) is 12.1 Å². The Balaban J connectivity index is 1.29. The minimum absolute atomic E-state index is 0.494. The minimum atomic E-state index is 0.494. The summed E-state index contributed by atoms with van der Waals surface area (Å²) >= 11 is 3.40. The Hall–Kier alpha value is -2.25. The van der Waals surface area contributed by atoms with Gasteiger partial charge in [-0.2, -0.15) is 0 Å². The van der Waals surface area contributed by atoms with Crippen molar-refractivity contribution in [3.05, 3.63) is 47.6 Å². The summed E-state index contributed by atoms with van der Waals surface area (Å²) in [6.07, 6.45) is 2.18. The van der Waals surface area contributed by atoms with Crippen molar-refractivity contribution in [3.8, 4) is 9.88 Å². The summed E-state index contributed by atoms with van der Waals surface area (Å²) in [6.45, 7) is 2.00. The van der Waals surface area contributed by atoms with Gasteiger partial charge in [0.15, 0.2) is 5.01 Å². The molecule has 126 valence electrons. The van der Waals surface area contributed by atoms with Crippen LogP contribution in [0.1, 0.15) is 24.6 Å². The lowest BCUT2D eigenvalue weighted by Gasteiger charge is -2.30. The van der Waals surface area contributed by atoms with Crippen molar-refractivity contribution in [1.29, 1.82) is 0 Å². The average molecular weight is 368 g/mol. The van der Waals surface area contributed by atoms with E-state index in [0.717, 1.165) is 52.9 Å². The number of nitrogens with zero attached hydrogens (tertiary/aromatic N) is 4. The third-order valence-corrected chi connectivity index (χ3v) is 6.73. The third-order valence-electron chi connectivity index (χ3n) is 4.71. The highest BCUT2D eigenvalue weighted by atomic mass is 32.1. The molecule has 1 N–H and O–H groups in total. The summed E-state index contributed by atoms with van der Waals surface area (Å²) in [5, 5.41) is 12.9. The molecular weight excluding hydrogens is 350 g/mol. The van der Waals surface area contributed by atoms with Crippen LogP contribution in [0.25, 0.3) is 20.9 Å². The molecule has 0 unspecified atom stereocenters. The number of hydrogen-bond donors (Lipinski definition) is 1. The van der Waals surface area contributed by atoms with Crippen LogP contribution in [0.3, 0.4) is 0 Å². The van der Waals surface area contributed by atoms with Crippen LogP contribution >= 0.6 is 22.7 Å². The Bertz CT molecular complexity index is 947. The predicted molar refractivity (Wildman–Crippen MR) is 104 cm³/mol. The highest BCUT2D eigenvalue weighted by Gasteiger charge is 2.25. The van der Waals surface area contributed by atoms with Gasteiger partial charge in [0.1, 0.15) is 5.82 Å². The largest absolute Gasteiger partial charge is 0.347 e. The Labute approximate surface area is 153 Å². The summed E-state index contributed by atoms with van der Waals surface area (Å²) in [7, 11) is 0. The molecule has 1 aliphatic heterocycles. The van der Waals surface area contributed by atoms with E-state index >= 15 is 0 Å². The third kappa shape index (κ3) is 2.83. The average Bonchev–Trinajstić information content (AvgIpc) is 3.40. The summed E-state index contributed by atoms with van der Waals surface area (Å²) < 4.78 is 0. The Morgan fingerprint density at radius 2 is 1.92 bits per heavy atom. The van der Waals surface area contributed by atoms with Gasteiger partial charge in [-0.15, -0.1) is 21.5 Å². The number of para-hydroxylation sites is 2. The van der Waals surface area contributed by atoms with Gasteiger partial charge < -0.3 is 9.88 Å². The van der Waals surface area contributed by atoms with Crippen LogP contribution in [0, 0.1) is 0 Å². The van der Waals surface area contributed by atoms with Gasteiger partial charge in [-0.05, 0) is 36.4 Å². The number of rotatable bonds is 3. The van der Waals surface area contributed by atoms with Crippen LogP contribution in [0.4, 0.5) is 5.13 Å². The number of thiophene rings is 1. The van der Waals surface area contributed by atoms with Crippen molar-refractivity contribution in [2.45, 2.75) is 18.8 Å². The van der Waals surface area contributed by atoms with Gasteiger partial charge in [-0.25, -0.2) is 4.98 Å². The van der Waals surface area contributed by atoms with Gasteiger partial charge in [-0.3, -0.25) is 0 Å². The Morgan fingerprint density at radius 3 is 2.72 bits per heavy atom. The van der Waals surface area contributed by atoms with E-state index in [1.165, 1.54) is 4.88 Å². The second-order valence-electron chi connectivity index (χ2n) is 6.27. The molecule has 4 aromatic rings. The van der Waals surface area contributed by atoms with Gasteiger partial charge in [0, 0.05) is 19.0 Å². The molecule has 25 heavy (non-hydrogen) atoms. The molecule has 1 aromatic carbocycles. The van der Waals surface area contributed by atoms with Gasteiger partial charge in [-0.1, -0.05) is 29.5 Å². The lowest BCUT2D eigenvalue weighted by molar-refractivity contribution is 0.488. The molecule has 0 saturated carbocycles. The minimum Gasteiger partial charge on any atom is -0.347 e. The van der Waals surface area contributed by atoms with Gasteiger partial charge in [0.05, 0.1) is 15.9 Å². The molecule has 1 aliphatic rings. The number of imidazole rings is 1. The highest BCUT2D eigenvalue weighted by Crippen LogP contribution is 2.35. The van der Waals surface area contributed by atoms with E-state index in [2.05, 4.69) is 49.7 Å². The van der Waals surface area contributed by atoms with Crippen molar-refractivity contribution in [1.82, 2.24) is 20.2 Å². The molecule has 5 rings (SSSR count).